The first-order valence-electron chi connectivity index (χ1n) is 14.1. The molecule has 3 aromatic carbocycles. The SMILES string of the molecule is O=C(OC(CCCl)C(=O)c1ccc(Cl)cc1)c1cc(-c2ccc(N3C(=O)C4CC=CCC4C3=O)cc2)nc2ccc(Br)cc12. The van der Waals surface area contributed by atoms with Gasteiger partial charge in [-0.15, -0.1) is 11.6 Å². The molecule has 7 nitrogen and oxygen atoms in total. The molecule has 0 bridgehead atoms. The maximum Gasteiger partial charge on any atom is 0.339 e. The number of imide groups is 1. The fraction of sp³-hybridized carbons (Fsp3) is 0.206. The lowest BCUT2D eigenvalue weighted by Gasteiger charge is -2.18. The molecule has 222 valence electrons. The minimum Gasteiger partial charge on any atom is -0.450 e. The number of hydrogen-bond acceptors (Lipinski definition) is 6. The van der Waals surface area contributed by atoms with E-state index in [-0.39, 0.29) is 47.3 Å². The number of amides is 2. The zero-order valence-electron chi connectivity index (χ0n) is 23.2. The predicted molar refractivity (Wildman–Crippen MR) is 173 cm³/mol. The zero-order chi connectivity index (χ0) is 31.0. The molecular weight excluding hydrogens is 667 g/mol. The lowest BCUT2D eigenvalue weighted by Crippen LogP contribution is -2.30. The van der Waals surface area contributed by atoms with Crippen molar-refractivity contribution in [2.75, 3.05) is 10.8 Å². The molecule has 44 heavy (non-hydrogen) atoms. The van der Waals surface area contributed by atoms with Crippen molar-refractivity contribution < 1.29 is 23.9 Å². The summed E-state index contributed by atoms with van der Waals surface area (Å²) in [6.45, 7) is 0. The third-order valence-electron chi connectivity index (χ3n) is 7.96. The number of Topliss-reactive ketones (excluding diaryl/α,β-unsaturated/α-hetero) is 1. The number of allylic oxidation sites excluding steroid dienone is 2. The number of ketones is 1. The van der Waals surface area contributed by atoms with E-state index in [4.69, 9.17) is 32.9 Å². The summed E-state index contributed by atoms with van der Waals surface area (Å²) in [6.07, 6.45) is 4.07. The van der Waals surface area contributed by atoms with E-state index in [0.717, 1.165) is 4.47 Å². The Hall–Kier alpha value is -3.85. The van der Waals surface area contributed by atoms with Crippen LogP contribution in [-0.4, -0.2) is 40.5 Å². The Bertz CT molecular complexity index is 1800. The largest absolute Gasteiger partial charge is 0.450 e. The van der Waals surface area contributed by atoms with Crippen molar-refractivity contribution in [1.82, 2.24) is 4.98 Å². The maximum atomic E-state index is 13.7. The normalized spacial score (nSPS) is 18.4. The molecule has 1 aliphatic carbocycles. The number of ether oxygens (including phenoxy) is 1. The molecule has 1 saturated heterocycles. The zero-order valence-corrected chi connectivity index (χ0v) is 26.3. The number of carbonyl (C=O) groups is 4. The Labute approximate surface area is 271 Å². The summed E-state index contributed by atoms with van der Waals surface area (Å²) in [4.78, 5) is 59.1. The quantitative estimate of drug-likeness (QED) is 0.0615. The van der Waals surface area contributed by atoms with Gasteiger partial charge in [0.15, 0.2) is 6.10 Å². The summed E-state index contributed by atoms with van der Waals surface area (Å²) < 4.78 is 6.52. The Balaban J connectivity index is 1.32. The molecule has 2 aliphatic rings. The molecule has 4 aromatic rings. The van der Waals surface area contributed by atoms with E-state index in [2.05, 4.69) is 15.9 Å². The van der Waals surface area contributed by atoms with Gasteiger partial charge in [0.2, 0.25) is 17.6 Å². The first kappa shape index (κ1) is 30.2. The second-order valence-electron chi connectivity index (χ2n) is 10.7. The third-order valence-corrected chi connectivity index (χ3v) is 8.92. The number of benzene rings is 3. The van der Waals surface area contributed by atoms with Crippen LogP contribution in [0.15, 0.2) is 89.4 Å². The fourth-order valence-electron chi connectivity index (χ4n) is 5.69. The van der Waals surface area contributed by atoms with Crippen molar-refractivity contribution in [3.05, 3.63) is 106 Å². The lowest BCUT2D eigenvalue weighted by molar-refractivity contribution is -0.122. The van der Waals surface area contributed by atoms with Gasteiger partial charge in [0.25, 0.3) is 0 Å². The van der Waals surface area contributed by atoms with Gasteiger partial charge in [-0.1, -0.05) is 51.8 Å². The molecule has 2 amide bonds. The van der Waals surface area contributed by atoms with Gasteiger partial charge >= 0.3 is 5.97 Å². The maximum absolute atomic E-state index is 13.7. The summed E-state index contributed by atoms with van der Waals surface area (Å²) in [5, 5.41) is 1.02. The van der Waals surface area contributed by atoms with Crippen LogP contribution in [0.5, 0.6) is 0 Å². The highest BCUT2D eigenvalue weighted by molar-refractivity contribution is 9.10. The molecule has 1 fully saturated rings. The van der Waals surface area contributed by atoms with E-state index in [1.54, 1.807) is 66.7 Å². The van der Waals surface area contributed by atoms with Crippen LogP contribution in [0.2, 0.25) is 5.02 Å². The number of carbonyl (C=O) groups excluding carboxylic acids is 4. The van der Waals surface area contributed by atoms with Crippen molar-refractivity contribution in [3.63, 3.8) is 0 Å². The topological polar surface area (TPSA) is 93.6 Å². The van der Waals surface area contributed by atoms with Crippen LogP contribution >= 0.6 is 39.1 Å². The minimum atomic E-state index is -1.10. The van der Waals surface area contributed by atoms with Crippen LogP contribution in [0.25, 0.3) is 22.2 Å². The van der Waals surface area contributed by atoms with Gasteiger partial charge in [0, 0.05) is 38.3 Å². The van der Waals surface area contributed by atoms with Crippen molar-refractivity contribution in [1.29, 1.82) is 0 Å². The molecule has 0 saturated carbocycles. The first-order valence-corrected chi connectivity index (χ1v) is 15.8. The standard InChI is InChI=1S/C34H25BrCl2N2O5/c35-21-9-14-28-26(17-21)27(34(43)44-30(15-16-36)31(40)20-5-10-22(37)11-6-20)18-29(38-28)19-7-12-23(13-8-19)39-32(41)24-3-1-2-4-25(24)33(39)42/h1-2,5-14,17-18,24-25,30H,3-4,15-16H2. The average molecular weight is 692 g/mol. The monoisotopic (exact) mass is 690 g/mol. The van der Waals surface area contributed by atoms with E-state index in [9.17, 15) is 19.2 Å². The summed E-state index contributed by atoms with van der Waals surface area (Å²) in [7, 11) is 0. The second-order valence-corrected chi connectivity index (χ2v) is 12.4. The van der Waals surface area contributed by atoms with E-state index >= 15 is 0 Å². The van der Waals surface area contributed by atoms with Crippen LogP contribution in [0.3, 0.4) is 0 Å². The van der Waals surface area contributed by atoms with Gasteiger partial charge in [-0.3, -0.25) is 19.3 Å². The molecule has 3 unspecified atom stereocenters. The average Bonchev–Trinajstić information content (AvgIpc) is 3.29. The Kier molecular flexibility index (Phi) is 8.67. The number of alkyl halides is 1. The molecule has 0 radical (unpaired) electrons. The van der Waals surface area contributed by atoms with Crippen LogP contribution in [0, 0.1) is 11.8 Å². The molecule has 1 aromatic heterocycles. The summed E-state index contributed by atoms with van der Waals surface area (Å²) in [5.74, 6) is -1.99. The molecule has 2 heterocycles. The minimum absolute atomic E-state index is 0.109. The smallest absolute Gasteiger partial charge is 0.339 e. The Morgan fingerprint density at radius 3 is 2.23 bits per heavy atom. The summed E-state index contributed by atoms with van der Waals surface area (Å²) >= 11 is 15.4. The number of esters is 1. The predicted octanol–water partition coefficient (Wildman–Crippen LogP) is 7.81. The third kappa shape index (κ3) is 5.82. The molecule has 1 aliphatic heterocycles. The first-order chi connectivity index (χ1) is 21.2. The Morgan fingerprint density at radius 2 is 1.59 bits per heavy atom. The van der Waals surface area contributed by atoms with E-state index < -0.39 is 12.1 Å². The van der Waals surface area contributed by atoms with Crippen molar-refractivity contribution >= 4 is 79.3 Å². The van der Waals surface area contributed by atoms with Crippen LogP contribution in [0.1, 0.15) is 40.0 Å². The van der Waals surface area contributed by atoms with Crippen LogP contribution in [-0.2, 0) is 14.3 Å². The van der Waals surface area contributed by atoms with Crippen molar-refractivity contribution in [2.24, 2.45) is 11.8 Å². The molecule has 0 spiro atoms. The van der Waals surface area contributed by atoms with E-state index in [0.29, 0.717) is 51.3 Å². The highest BCUT2D eigenvalue weighted by atomic mass is 79.9. The molecule has 6 rings (SSSR count). The molecule has 3 atom stereocenters. The highest BCUT2D eigenvalue weighted by Crippen LogP contribution is 2.38. The fourth-order valence-corrected chi connectivity index (χ4v) is 6.37. The van der Waals surface area contributed by atoms with Crippen molar-refractivity contribution in [2.45, 2.75) is 25.4 Å². The molecule has 0 N–H and O–H groups in total. The van der Waals surface area contributed by atoms with Gasteiger partial charge in [-0.2, -0.15) is 0 Å². The number of nitrogens with zero attached hydrogens (tertiary/aromatic N) is 2. The highest BCUT2D eigenvalue weighted by Gasteiger charge is 2.47. The lowest BCUT2D eigenvalue weighted by atomic mass is 9.85. The second kappa shape index (κ2) is 12.6. The number of fused-ring (bicyclic) bond motifs is 2. The van der Waals surface area contributed by atoms with E-state index in [1.165, 1.54) is 4.90 Å². The number of halogens is 3. The van der Waals surface area contributed by atoms with Crippen LogP contribution in [0.4, 0.5) is 5.69 Å². The van der Waals surface area contributed by atoms with Gasteiger partial charge in [-0.25, -0.2) is 9.78 Å². The number of hydrogen-bond donors (Lipinski definition) is 0. The molecule has 10 heteroatoms. The van der Waals surface area contributed by atoms with Gasteiger partial charge in [-0.05, 0) is 73.5 Å². The van der Waals surface area contributed by atoms with Gasteiger partial charge in [0.1, 0.15) is 0 Å². The van der Waals surface area contributed by atoms with Gasteiger partial charge < -0.3 is 4.74 Å². The van der Waals surface area contributed by atoms with E-state index in [1.807, 2.05) is 18.2 Å². The van der Waals surface area contributed by atoms with Gasteiger partial charge in [0.05, 0.1) is 34.3 Å². The van der Waals surface area contributed by atoms with Crippen molar-refractivity contribution in [3.8, 4) is 11.3 Å². The van der Waals surface area contributed by atoms with Crippen LogP contribution < -0.4 is 4.90 Å². The number of pyridine rings is 1. The number of rotatable bonds is 8. The number of anilines is 1. The summed E-state index contributed by atoms with van der Waals surface area (Å²) in [5.41, 5.74) is 2.76. The summed E-state index contributed by atoms with van der Waals surface area (Å²) in [6, 6.07) is 20.3. The Morgan fingerprint density at radius 1 is 0.932 bits per heavy atom. The number of aromatic nitrogens is 1. The molecular formula is C34H25BrCl2N2O5.